The zero-order valence-corrected chi connectivity index (χ0v) is 14.0. The molecule has 1 aromatic carbocycles. The smallest absolute Gasteiger partial charge is 0.404 e. The van der Waals surface area contributed by atoms with E-state index < -0.39 is 33.1 Å². The van der Waals surface area contributed by atoms with Crippen molar-refractivity contribution in [3.63, 3.8) is 0 Å². The summed E-state index contributed by atoms with van der Waals surface area (Å²) < 4.78 is 73.1. The van der Waals surface area contributed by atoms with Gasteiger partial charge in [0.1, 0.15) is 10.6 Å². The number of benzene rings is 1. The first-order valence-corrected chi connectivity index (χ1v) is 9.05. The van der Waals surface area contributed by atoms with Crippen molar-refractivity contribution in [2.24, 2.45) is 0 Å². The Bertz CT molecular complexity index is 761. The Kier molecular flexibility index (Phi) is 5.86. The van der Waals surface area contributed by atoms with E-state index in [1.54, 1.807) is 11.4 Å². The van der Waals surface area contributed by atoms with E-state index in [9.17, 15) is 21.6 Å². The fraction of sp³-hybridized carbons (Fsp3) is 0.286. The van der Waals surface area contributed by atoms with Crippen molar-refractivity contribution in [3.8, 4) is 5.75 Å². The molecule has 0 aliphatic carbocycles. The fourth-order valence-corrected chi connectivity index (χ4v) is 3.80. The van der Waals surface area contributed by atoms with Crippen LogP contribution in [0, 0.1) is 0 Å². The molecule has 10 heteroatoms. The van der Waals surface area contributed by atoms with E-state index in [2.05, 4.69) is 9.46 Å². The molecule has 1 heterocycles. The lowest BCUT2D eigenvalue weighted by atomic mass is 10.2. The van der Waals surface area contributed by atoms with Crippen LogP contribution in [0.5, 0.6) is 5.75 Å². The van der Waals surface area contributed by atoms with Crippen molar-refractivity contribution in [1.29, 1.82) is 0 Å². The minimum Gasteiger partial charge on any atom is -0.404 e. The average Bonchev–Trinajstić information content (AvgIpc) is 3.01. The number of thiophene rings is 1. The maximum Gasteiger partial charge on any atom is 0.573 e. The molecule has 1 N–H and O–H groups in total. The number of hydrogen-bond donors (Lipinski definition) is 1. The maximum atomic E-state index is 12.4. The number of hydrogen-bond acceptors (Lipinski definition) is 5. The van der Waals surface area contributed by atoms with E-state index in [1.807, 2.05) is 5.38 Å². The molecule has 2 rings (SSSR count). The summed E-state index contributed by atoms with van der Waals surface area (Å²) in [7, 11) is -2.80. The number of sulfonamides is 1. The molecule has 0 aliphatic rings. The molecule has 1 unspecified atom stereocenters. The summed E-state index contributed by atoms with van der Waals surface area (Å²) in [6.07, 6.45) is -5.54. The Labute approximate surface area is 141 Å². The molecular formula is C14H14F3NO4S2. The third-order valence-corrected chi connectivity index (χ3v) is 5.19. The Morgan fingerprint density at radius 3 is 2.54 bits per heavy atom. The molecule has 0 aliphatic heterocycles. The van der Waals surface area contributed by atoms with Gasteiger partial charge in [0, 0.05) is 13.7 Å². The molecule has 5 nitrogen and oxygen atoms in total. The summed E-state index contributed by atoms with van der Waals surface area (Å²) in [5.74, 6) is -0.790. The lowest BCUT2D eigenvalue weighted by molar-refractivity contribution is -0.275. The minimum absolute atomic E-state index is 0.129. The third-order valence-electron chi connectivity index (χ3n) is 3.02. The monoisotopic (exact) mass is 381 g/mol. The quantitative estimate of drug-likeness (QED) is 0.799. The number of alkyl halides is 3. The maximum absolute atomic E-state index is 12.4. The highest BCUT2D eigenvalue weighted by molar-refractivity contribution is 7.89. The van der Waals surface area contributed by atoms with E-state index >= 15 is 0 Å². The van der Waals surface area contributed by atoms with Crippen LogP contribution in [0.1, 0.15) is 11.7 Å². The van der Waals surface area contributed by atoms with Gasteiger partial charge in [0.15, 0.2) is 0 Å². The van der Waals surface area contributed by atoms with Crippen LogP contribution in [0.3, 0.4) is 0 Å². The lowest BCUT2D eigenvalue weighted by Gasteiger charge is -2.17. The predicted molar refractivity (Wildman–Crippen MR) is 82.4 cm³/mol. The van der Waals surface area contributed by atoms with Crippen LogP contribution in [0.2, 0.25) is 0 Å². The summed E-state index contributed by atoms with van der Waals surface area (Å²) in [6.45, 7) is -0.129. The first kappa shape index (κ1) is 18.7. The molecule has 0 radical (unpaired) electrons. The molecule has 0 saturated heterocycles. The van der Waals surface area contributed by atoms with Crippen molar-refractivity contribution in [2.75, 3.05) is 13.7 Å². The molecule has 0 amide bonds. The van der Waals surface area contributed by atoms with Crippen molar-refractivity contribution < 1.29 is 31.1 Å². The molecule has 0 spiro atoms. The summed E-state index contributed by atoms with van der Waals surface area (Å²) in [5, 5.41) is 3.60. The molecule has 2 aromatic rings. The van der Waals surface area contributed by atoms with Crippen molar-refractivity contribution in [2.45, 2.75) is 17.4 Å². The van der Waals surface area contributed by atoms with Gasteiger partial charge in [-0.1, -0.05) is 12.1 Å². The Hall–Kier alpha value is -1.62. The highest BCUT2D eigenvalue weighted by atomic mass is 32.2. The molecule has 0 bridgehead atoms. The Morgan fingerprint density at radius 2 is 1.96 bits per heavy atom. The van der Waals surface area contributed by atoms with Crippen LogP contribution in [0.25, 0.3) is 0 Å². The first-order valence-electron chi connectivity index (χ1n) is 6.62. The van der Waals surface area contributed by atoms with Gasteiger partial charge in [-0.3, -0.25) is 0 Å². The number of nitrogens with one attached hydrogen (secondary N) is 1. The Morgan fingerprint density at radius 1 is 1.25 bits per heavy atom. The minimum atomic E-state index is -4.99. The second kappa shape index (κ2) is 7.51. The Balaban J connectivity index is 2.19. The summed E-state index contributed by atoms with van der Waals surface area (Å²) in [6, 6.07) is 6.31. The van der Waals surface area contributed by atoms with Gasteiger partial charge in [0.25, 0.3) is 0 Å². The number of methoxy groups -OCH3 is 1. The zero-order valence-electron chi connectivity index (χ0n) is 12.4. The standard InChI is InChI=1S/C14H14F3NO4S2/c1-21-12(10-6-7-23-9-10)8-18-24(19,20)13-5-3-2-4-11(13)22-14(15,16)17/h2-7,9,12,18H,8H2,1H3. The predicted octanol–water partition coefficient (Wildman–Crippen LogP) is 3.31. The number of halogens is 3. The van der Waals surface area contributed by atoms with E-state index in [1.165, 1.54) is 30.6 Å². The van der Waals surface area contributed by atoms with E-state index in [4.69, 9.17) is 4.74 Å². The van der Waals surface area contributed by atoms with Crippen molar-refractivity contribution >= 4 is 21.4 Å². The van der Waals surface area contributed by atoms with Gasteiger partial charge in [-0.25, -0.2) is 13.1 Å². The van der Waals surface area contributed by atoms with Crippen molar-refractivity contribution in [3.05, 3.63) is 46.7 Å². The number of rotatable bonds is 7. The van der Waals surface area contributed by atoms with E-state index in [0.29, 0.717) is 0 Å². The van der Waals surface area contributed by atoms with Gasteiger partial charge in [-0.15, -0.1) is 13.2 Å². The van der Waals surface area contributed by atoms with Gasteiger partial charge in [0.05, 0.1) is 6.10 Å². The molecule has 1 atom stereocenters. The van der Waals surface area contributed by atoms with Crippen LogP contribution >= 0.6 is 11.3 Å². The lowest BCUT2D eigenvalue weighted by Crippen LogP contribution is -2.30. The second-order valence-electron chi connectivity index (χ2n) is 4.63. The van der Waals surface area contributed by atoms with Gasteiger partial charge < -0.3 is 9.47 Å². The van der Waals surface area contributed by atoms with Gasteiger partial charge in [0.2, 0.25) is 10.0 Å². The molecule has 24 heavy (non-hydrogen) atoms. The molecule has 1 aromatic heterocycles. The van der Waals surface area contributed by atoms with Crippen molar-refractivity contribution in [1.82, 2.24) is 4.72 Å². The highest BCUT2D eigenvalue weighted by Gasteiger charge is 2.34. The summed E-state index contributed by atoms with van der Waals surface area (Å²) >= 11 is 1.42. The molecule has 132 valence electrons. The normalized spacial score (nSPS) is 13.7. The van der Waals surface area contributed by atoms with Crippen LogP contribution in [0.15, 0.2) is 46.0 Å². The zero-order chi connectivity index (χ0) is 17.8. The summed E-state index contributed by atoms with van der Waals surface area (Å²) in [5.41, 5.74) is 0.769. The van der Waals surface area contributed by atoms with Gasteiger partial charge in [-0.05, 0) is 34.5 Å². The fourth-order valence-electron chi connectivity index (χ4n) is 1.94. The van der Waals surface area contributed by atoms with Crippen LogP contribution in [0.4, 0.5) is 13.2 Å². The van der Waals surface area contributed by atoms with Crippen LogP contribution < -0.4 is 9.46 Å². The highest BCUT2D eigenvalue weighted by Crippen LogP contribution is 2.29. The topological polar surface area (TPSA) is 64.6 Å². The van der Waals surface area contributed by atoms with Crippen LogP contribution in [-0.2, 0) is 14.8 Å². The van der Waals surface area contributed by atoms with E-state index in [0.717, 1.165) is 17.7 Å². The van der Waals surface area contributed by atoms with Gasteiger partial charge in [-0.2, -0.15) is 11.3 Å². The van der Waals surface area contributed by atoms with Gasteiger partial charge >= 0.3 is 6.36 Å². The molecular weight excluding hydrogens is 367 g/mol. The molecule has 0 fully saturated rings. The first-order chi connectivity index (χ1) is 11.2. The number of para-hydroxylation sites is 1. The molecule has 0 saturated carbocycles. The largest absolute Gasteiger partial charge is 0.573 e. The number of ether oxygens (including phenoxy) is 2. The second-order valence-corrected chi connectivity index (χ2v) is 7.14. The third kappa shape index (κ3) is 4.94. The SMILES string of the molecule is COC(CNS(=O)(=O)c1ccccc1OC(F)(F)F)c1ccsc1. The van der Waals surface area contributed by atoms with E-state index in [-0.39, 0.29) is 6.54 Å². The van der Waals surface area contributed by atoms with Crippen LogP contribution in [-0.4, -0.2) is 28.4 Å². The summed E-state index contributed by atoms with van der Waals surface area (Å²) in [4.78, 5) is -0.595. The average molecular weight is 381 g/mol.